The molecule has 0 aliphatic carbocycles. The smallest absolute Gasteiger partial charge is 0.265 e. The molecule has 0 unspecified atom stereocenters. The molecule has 4 nitrogen and oxygen atoms in total. The Balaban J connectivity index is 2.73. The van der Waals surface area contributed by atoms with Crippen molar-refractivity contribution < 1.29 is 9.53 Å². The molecule has 0 aromatic heterocycles. The van der Waals surface area contributed by atoms with Crippen LogP contribution in [0.2, 0.25) is 0 Å². The molecule has 0 aliphatic rings. The van der Waals surface area contributed by atoms with Crippen LogP contribution in [0.3, 0.4) is 0 Å². The number of hydrazine groups is 1. The lowest BCUT2D eigenvalue weighted by Gasteiger charge is -2.05. The molecule has 0 atom stereocenters. The average molecular weight is 212 g/mol. The van der Waals surface area contributed by atoms with Gasteiger partial charge in [0.1, 0.15) is 5.75 Å². The van der Waals surface area contributed by atoms with Gasteiger partial charge in [0, 0.05) is 11.3 Å². The SMILES string of the molecule is NNC(=O)c1cccc(OCCS)c1. The first-order valence-corrected chi connectivity index (χ1v) is 4.76. The molecule has 5 heteroatoms. The second-order valence-electron chi connectivity index (χ2n) is 2.57. The van der Waals surface area contributed by atoms with Crippen LogP contribution in [0.15, 0.2) is 24.3 Å². The Morgan fingerprint density at radius 1 is 1.57 bits per heavy atom. The molecule has 0 saturated carbocycles. The van der Waals surface area contributed by atoms with E-state index in [1.54, 1.807) is 24.3 Å². The standard InChI is InChI=1S/C9H12N2O2S/c10-11-9(12)7-2-1-3-8(6-7)13-4-5-14/h1-3,6,14H,4-5,10H2,(H,11,12). The van der Waals surface area contributed by atoms with Crippen LogP contribution in [0.5, 0.6) is 5.75 Å². The number of nitrogen functional groups attached to an aromatic ring is 1. The minimum Gasteiger partial charge on any atom is -0.493 e. The first kappa shape index (κ1) is 10.9. The Morgan fingerprint density at radius 2 is 2.36 bits per heavy atom. The number of hydrogen-bond acceptors (Lipinski definition) is 4. The van der Waals surface area contributed by atoms with Crippen molar-refractivity contribution in [2.24, 2.45) is 5.84 Å². The largest absolute Gasteiger partial charge is 0.493 e. The molecule has 1 rings (SSSR count). The quantitative estimate of drug-likeness (QED) is 0.296. The van der Waals surface area contributed by atoms with Crippen LogP contribution in [-0.2, 0) is 0 Å². The van der Waals surface area contributed by atoms with E-state index in [1.807, 2.05) is 0 Å². The summed E-state index contributed by atoms with van der Waals surface area (Å²) < 4.78 is 5.29. The topological polar surface area (TPSA) is 64.3 Å². The van der Waals surface area contributed by atoms with Gasteiger partial charge >= 0.3 is 0 Å². The summed E-state index contributed by atoms with van der Waals surface area (Å²) in [6.07, 6.45) is 0. The van der Waals surface area contributed by atoms with Crippen molar-refractivity contribution in [2.45, 2.75) is 0 Å². The fourth-order valence-corrected chi connectivity index (χ4v) is 1.07. The Morgan fingerprint density at radius 3 is 3.00 bits per heavy atom. The van der Waals surface area contributed by atoms with E-state index in [0.717, 1.165) is 0 Å². The predicted molar refractivity (Wildman–Crippen MR) is 57.4 cm³/mol. The van der Waals surface area contributed by atoms with E-state index >= 15 is 0 Å². The summed E-state index contributed by atoms with van der Waals surface area (Å²) in [5.41, 5.74) is 2.53. The predicted octanol–water partition coefficient (Wildman–Crippen LogP) is 0.599. The first-order chi connectivity index (χ1) is 6.77. The normalized spacial score (nSPS) is 9.57. The van der Waals surface area contributed by atoms with E-state index in [0.29, 0.717) is 23.7 Å². The number of carbonyl (C=O) groups excluding carboxylic acids is 1. The summed E-state index contributed by atoms with van der Waals surface area (Å²) in [7, 11) is 0. The Hall–Kier alpha value is -1.20. The zero-order valence-electron chi connectivity index (χ0n) is 7.56. The minimum atomic E-state index is -0.332. The monoisotopic (exact) mass is 212 g/mol. The molecule has 3 N–H and O–H groups in total. The van der Waals surface area contributed by atoms with E-state index < -0.39 is 0 Å². The average Bonchev–Trinajstić information content (AvgIpc) is 2.25. The number of amides is 1. The van der Waals surface area contributed by atoms with Crippen LogP contribution < -0.4 is 16.0 Å². The van der Waals surface area contributed by atoms with Crippen molar-refractivity contribution in [3.05, 3.63) is 29.8 Å². The maximum Gasteiger partial charge on any atom is 0.265 e. The van der Waals surface area contributed by atoms with Crippen molar-refractivity contribution in [1.29, 1.82) is 0 Å². The zero-order chi connectivity index (χ0) is 10.4. The molecular formula is C9H12N2O2S. The number of hydrogen-bond donors (Lipinski definition) is 3. The molecule has 1 amide bonds. The van der Waals surface area contributed by atoms with Crippen LogP contribution in [0.25, 0.3) is 0 Å². The second kappa shape index (κ2) is 5.51. The molecule has 0 heterocycles. The van der Waals surface area contributed by atoms with Gasteiger partial charge in [0.05, 0.1) is 6.61 Å². The third-order valence-corrected chi connectivity index (χ3v) is 1.77. The molecule has 0 saturated heterocycles. The molecule has 14 heavy (non-hydrogen) atoms. The van der Waals surface area contributed by atoms with Crippen molar-refractivity contribution in [2.75, 3.05) is 12.4 Å². The van der Waals surface area contributed by atoms with E-state index in [4.69, 9.17) is 10.6 Å². The van der Waals surface area contributed by atoms with Gasteiger partial charge in [-0.25, -0.2) is 5.84 Å². The summed E-state index contributed by atoms with van der Waals surface area (Å²) >= 11 is 4.01. The second-order valence-corrected chi connectivity index (χ2v) is 3.02. The lowest BCUT2D eigenvalue weighted by Crippen LogP contribution is -2.29. The minimum absolute atomic E-state index is 0.332. The molecule has 1 aromatic carbocycles. The summed E-state index contributed by atoms with van der Waals surface area (Å²) in [5, 5.41) is 0. The number of rotatable bonds is 4. The molecule has 76 valence electrons. The molecule has 0 spiro atoms. The molecule has 0 aliphatic heterocycles. The van der Waals surface area contributed by atoms with E-state index in [1.165, 1.54) is 0 Å². The van der Waals surface area contributed by atoms with E-state index in [9.17, 15) is 4.79 Å². The maximum absolute atomic E-state index is 11.1. The summed E-state index contributed by atoms with van der Waals surface area (Å²) in [5.74, 6) is 5.94. The van der Waals surface area contributed by atoms with Gasteiger partial charge in [-0.3, -0.25) is 10.2 Å². The fourth-order valence-electron chi connectivity index (χ4n) is 0.974. The molecule has 0 radical (unpaired) electrons. The number of benzene rings is 1. The number of nitrogens with one attached hydrogen (secondary N) is 1. The Kier molecular flexibility index (Phi) is 4.28. The van der Waals surface area contributed by atoms with Crippen LogP contribution >= 0.6 is 12.6 Å². The summed E-state index contributed by atoms with van der Waals surface area (Å²) in [4.78, 5) is 11.1. The van der Waals surface area contributed by atoms with Crippen LogP contribution in [-0.4, -0.2) is 18.3 Å². The number of carbonyl (C=O) groups is 1. The third kappa shape index (κ3) is 2.93. The highest BCUT2D eigenvalue weighted by Crippen LogP contribution is 2.12. The number of thiol groups is 1. The highest BCUT2D eigenvalue weighted by Gasteiger charge is 2.03. The Bertz CT molecular complexity index is 317. The van der Waals surface area contributed by atoms with E-state index in [-0.39, 0.29) is 5.91 Å². The Labute approximate surface area is 87.8 Å². The zero-order valence-corrected chi connectivity index (χ0v) is 8.46. The van der Waals surface area contributed by atoms with Gasteiger partial charge in [-0.05, 0) is 18.2 Å². The lowest BCUT2D eigenvalue weighted by molar-refractivity contribution is 0.0953. The van der Waals surface area contributed by atoms with Gasteiger partial charge in [-0.1, -0.05) is 6.07 Å². The van der Waals surface area contributed by atoms with Crippen molar-refractivity contribution in [3.63, 3.8) is 0 Å². The molecule has 0 fully saturated rings. The lowest BCUT2D eigenvalue weighted by atomic mass is 10.2. The van der Waals surface area contributed by atoms with Crippen molar-refractivity contribution in [3.8, 4) is 5.75 Å². The number of ether oxygens (including phenoxy) is 1. The molecule has 0 bridgehead atoms. The van der Waals surface area contributed by atoms with Gasteiger partial charge in [-0.15, -0.1) is 0 Å². The van der Waals surface area contributed by atoms with Crippen LogP contribution in [0, 0.1) is 0 Å². The van der Waals surface area contributed by atoms with Gasteiger partial charge in [-0.2, -0.15) is 12.6 Å². The molecule has 1 aromatic rings. The third-order valence-electron chi connectivity index (χ3n) is 1.59. The van der Waals surface area contributed by atoms with Crippen molar-refractivity contribution >= 4 is 18.5 Å². The highest BCUT2D eigenvalue weighted by molar-refractivity contribution is 7.80. The van der Waals surface area contributed by atoms with Gasteiger partial charge < -0.3 is 4.74 Å². The van der Waals surface area contributed by atoms with Crippen LogP contribution in [0.4, 0.5) is 0 Å². The van der Waals surface area contributed by atoms with Gasteiger partial charge in [0.15, 0.2) is 0 Å². The fraction of sp³-hybridized carbons (Fsp3) is 0.222. The van der Waals surface area contributed by atoms with Gasteiger partial charge in [0.25, 0.3) is 5.91 Å². The highest BCUT2D eigenvalue weighted by atomic mass is 32.1. The van der Waals surface area contributed by atoms with Crippen LogP contribution in [0.1, 0.15) is 10.4 Å². The van der Waals surface area contributed by atoms with Crippen molar-refractivity contribution in [1.82, 2.24) is 5.43 Å². The maximum atomic E-state index is 11.1. The summed E-state index contributed by atoms with van der Waals surface area (Å²) in [6.45, 7) is 0.511. The van der Waals surface area contributed by atoms with Gasteiger partial charge in [0.2, 0.25) is 0 Å². The van der Waals surface area contributed by atoms with E-state index in [2.05, 4.69) is 18.1 Å². The molecular weight excluding hydrogens is 200 g/mol. The summed E-state index contributed by atoms with van der Waals surface area (Å²) in [6, 6.07) is 6.80. The first-order valence-electron chi connectivity index (χ1n) is 4.12. The number of nitrogens with two attached hydrogens (primary N) is 1.